The second-order valence-electron chi connectivity index (χ2n) is 6.43. The molecular formula is C17H23N3O2. The molecule has 5 heteroatoms. The van der Waals surface area contributed by atoms with Gasteiger partial charge in [0.2, 0.25) is 0 Å². The fraction of sp³-hybridized carbons (Fsp3) is 0.529. The van der Waals surface area contributed by atoms with Crippen molar-refractivity contribution in [2.75, 3.05) is 31.6 Å². The van der Waals surface area contributed by atoms with E-state index >= 15 is 0 Å². The molecule has 1 heterocycles. The second kappa shape index (κ2) is 5.72. The first kappa shape index (κ1) is 15.0. The van der Waals surface area contributed by atoms with Gasteiger partial charge in [0.1, 0.15) is 0 Å². The Morgan fingerprint density at radius 1 is 1.14 bits per heavy atom. The predicted octanol–water partition coefficient (Wildman–Crippen LogP) is 1.26. The molecule has 5 nitrogen and oxygen atoms in total. The molecule has 1 aliphatic carbocycles. The highest BCUT2D eigenvalue weighted by atomic mass is 16.2. The van der Waals surface area contributed by atoms with Crippen LogP contribution in [0.4, 0.5) is 5.69 Å². The van der Waals surface area contributed by atoms with Crippen molar-refractivity contribution < 1.29 is 9.59 Å². The zero-order chi connectivity index (χ0) is 15.7. The highest BCUT2D eigenvalue weighted by molar-refractivity contribution is 6.40. The van der Waals surface area contributed by atoms with Crippen LogP contribution in [-0.2, 0) is 15.0 Å². The summed E-state index contributed by atoms with van der Waals surface area (Å²) >= 11 is 0. The van der Waals surface area contributed by atoms with E-state index in [9.17, 15) is 9.59 Å². The van der Waals surface area contributed by atoms with Gasteiger partial charge in [0, 0.05) is 37.8 Å². The molecule has 3 rings (SSSR count). The lowest BCUT2D eigenvalue weighted by molar-refractivity contribution is -0.145. The number of amides is 2. The van der Waals surface area contributed by atoms with Gasteiger partial charge < -0.3 is 15.5 Å². The molecule has 1 aromatic carbocycles. The third-order valence-electron chi connectivity index (χ3n) is 5.16. The maximum atomic E-state index is 12.2. The van der Waals surface area contributed by atoms with Crippen LogP contribution in [0.15, 0.2) is 24.3 Å². The van der Waals surface area contributed by atoms with Crippen molar-refractivity contribution >= 4 is 17.5 Å². The van der Waals surface area contributed by atoms with Crippen LogP contribution in [0, 0.1) is 0 Å². The van der Waals surface area contributed by atoms with Crippen LogP contribution >= 0.6 is 0 Å². The van der Waals surface area contributed by atoms with Gasteiger partial charge in [0.25, 0.3) is 0 Å². The van der Waals surface area contributed by atoms with Crippen molar-refractivity contribution in [2.45, 2.75) is 31.1 Å². The van der Waals surface area contributed by atoms with Gasteiger partial charge in [-0.2, -0.15) is 0 Å². The topological polar surface area (TPSA) is 66.6 Å². The molecule has 2 aliphatic rings. The molecule has 2 fully saturated rings. The third kappa shape index (κ3) is 2.39. The van der Waals surface area contributed by atoms with E-state index in [-0.39, 0.29) is 5.41 Å². The van der Waals surface area contributed by atoms with E-state index in [1.54, 1.807) is 11.9 Å². The van der Waals surface area contributed by atoms with E-state index in [1.807, 2.05) is 12.1 Å². The number of carbonyl (C=O) groups is 2. The van der Waals surface area contributed by atoms with Crippen LogP contribution in [0.5, 0.6) is 0 Å². The molecule has 1 aliphatic heterocycles. The average Bonchev–Trinajstić information content (AvgIpc) is 3.03. The molecule has 2 amide bonds. The fourth-order valence-corrected chi connectivity index (χ4v) is 3.64. The van der Waals surface area contributed by atoms with Gasteiger partial charge in [-0.15, -0.1) is 0 Å². The van der Waals surface area contributed by atoms with E-state index < -0.39 is 11.8 Å². The minimum absolute atomic E-state index is 0.0373. The number of likely N-dealkylation sites (N-methyl/N-ethyl adjacent to an activating group) is 1. The summed E-state index contributed by atoms with van der Waals surface area (Å²) in [5.41, 5.74) is 8.10. The minimum atomic E-state index is -0.445. The molecule has 0 spiro atoms. The highest BCUT2D eigenvalue weighted by Gasteiger charge is 2.36. The second-order valence-corrected chi connectivity index (χ2v) is 6.43. The predicted molar refractivity (Wildman–Crippen MR) is 85.6 cm³/mol. The van der Waals surface area contributed by atoms with E-state index in [2.05, 4.69) is 12.1 Å². The van der Waals surface area contributed by atoms with Crippen molar-refractivity contribution in [3.63, 3.8) is 0 Å². The monoisotopic (exact) mass is 301 g/mol. The zero-order valence-electron chi connectivity index (χ0n) is 13.0. The average molecular weight is 301 g/mol. The summed E-state index contributed by atoms with van der Waals surface area (Å²) in [5, 5.41) is 0. The summed E-state index contributed by atoms with van der Waals surface area (Å²) in [7, 11) is 1.66. The summed E-state index contributed by atoms with van der Waals surface area (Å²) in [6.45, 7) is 1.74. The molecule has 0 atom stereocenters. The molecular weight excluding hydrogens is 278 g/mol. The summed E-state index contributed by atoms with van der Waals surface area (Å²) < 4.78 is 0. The Hall–Kier alpha value is -1.88. The van der Waals surface area contributed by atoms with E-state index in [0.717, 1.165) is 18.5 Å². The van der Waals surface area contributed by atoms with Crippen molar-refractivity contribution in [3.8, 4) is 0 Å². The molecule has 22 heavy (non-hydrogen) atoms. The molecule has 1 saturated heterocycles. The van der Waals surface area contributed by atoms with Gasteiger partial charge in [0.15, 0.2) is 0 Å². The van der Waals surface area contributed by atoms with Crippen LogP contribution in [-0.4, -0.2) is 43.4 Å². The number of benzene rings is 1. The third-order valence-corrected chi connectivity index (χ3v) is 5.16. The van der Waals surface area contributed by atoms with Gasteiger partial charge in [-0.25, -0.2) is 0 Å². The Morgan fingerprint density at radius 2 is 1.86 bits per heavy atom. The highest BCUT2D eigenvalue weighted by Crippen LogP contribution is 2.41. The molecule has 0 unspecified atom stereocenters. The Bertz CT molecular complexity index is 593. The van der Waals surface area contributed by atoms with E-state index in [1.165, 1.54) is 23.3 Å². The van der Waals surface area contributed by atoms with Gasteiger partial charge >= 0.3 is 11.8 Å². The number of anilines is 1. The number of nitrogens with zero attached hydrogens (tertiary/aromatic N) is 2. The molecule has 118 valence electrons. The minimum Gasteiger partial charge on any atom is -0.336 e. The van der Waals surface area contributed by atoms with Crippen LogP contribution in [0.3, 0.4) is 0 Å². The first-order valence-electron chi connectivity index (χ1n) is 7.95. The maximum Gasteiger partial charge on any atom is 0.316 e. The van der Waals surface area contributed by atoms with E-state index in [4.69, 9.17) is 5.73 Å². The lowest BCUT2D eigenvalue weighted by Gasteiger charge is -2.33. The first-order chi connectivity index (χ1) is 10.6. The largest absolute Gasteiger partial charge is 0.336 e. The number of hydrogen-bond donors (Lipinski definition) is 1. The lowest BCUT2D eigenvalue weighted by atomic mass is 9.79. The molecule has 0 bridgehead atoms. The smallest absolute Gasteiger partial charge is 0.316 e. The van der Waals surface area contributed by atoms with Gasteiger partial charge in [0.05, 0.1) is 0 Å². The molecule has 1 saturated carbocycles. The van der Waals surface area contributed by atoms with Crippen LogP contribution < -0.4 is 10.6 Å². The number of hydrogen-bond acceptors (Lipinski definition) is 3. The van der Waals surface area contributed by atoms with Crippen molar-refractivity contribution in [1.82, 2.24) is 4.90 Å². The summed E-state index contributed by atoms with van der Waals surface area (Å²) in [6.07, 6.45) is 4.60. The SMILES string of the molecule is CN1CCN(c2cccc(C3(CN)CCCC3)c2)C(=O)C1=O. The number of carbonyl (C=O) groups excluding carboxylic acids is 2. The quantitative estimate of drug-likeness (QED) is 0.855. The van der Waals surface area contributed by atoms with Gasteiger partial charge in [-0.3, -0.25) is 9.59 Å². The Labute approximate surface area is 131 Å². The standard InChI is InChI=1S/C17H23N3O2/c1-19-9-10-20(16(22)15(19)21)14-6-4-5-13(11-14)17(12-18)7-2-3-8-17/h4-6,11H,2-3,7-10,12,18H2,1H3. The molecule has 1 aromatic rings. The normalized spacial score (nSPS) is 21.5. The van der Waals surface area contributed by atoms with Crippen LogP contribution in [0.2, 0.25) is 0 Å². The number of rotatable bonds is 3. The zero-order valence-corrected chi connectivity index (χ0v) is 13.0. The van der Waals surface area contributed by atoms with Crippen LogP contribution in [0.1, 0.15) is 31.2 Å². The number of piperazine rings is 1. The lowest BCUT2D eigenvalue weighted by Crippen LogP contribution is -2.53. The Kier molecular flexibility index (Phi) is 3.91. The summed E-state index contributed by atoms with van der Waals surface area (Å²) in [4.78, 5) is 27.2. The van der Waals surface area contributed by atoms with Crippen LogP contribution in [0.25, 0.3) is 0 Å². The van der Waals surface area contributed by atoms with Crippen molar-refractivity contribution in [1.29, 1.82) is 0 Å². The first-order valence-corrected chi connectivity index (χ1v) is 7.95. The van der Waals surface area contributed by atoms with Gasteiger partial charge in [-0.1, -0.05) is 25.0 Å². The van der Waals surface area contributed by atoms with Crippen molar-refractivity contribution in [3.05, 3.63) is 29.8 Å². The Balaban J connectivity index is 1.91. The molecule has 2 N–H and O–H groups in total. The van der Waals surface area contributed by atoms with E-state index in [0.29, 0.717) is 19.6 Å². The number of nitrogens with two attached hydrogens (primary N) is 1. The Morgan fingerprint density at radius 3 is 2.55 bits per heavy atom. The summed E-state index contributed by atoms with van der Waals surface area (Å²) in [6, 6.07) is 8.02. The summed E-state index contributed by atoms with van der Waals surface area (Å²) in [5.74, 6) is -0.884. The maximum absolute atomic E-state index is 12.2. The fourth-order valence-electron chi connectivity index (χ4n) is 3.64. The molecule has 0 aromatic heterocycles. The van der Waals surface area contributed by atoms with Crippen molar-refractivity contribution in [2.24, 2.45) is 5.73 Å². The molecule has 0 radical (unpaired) electrons. The van der Waals surface area contributed by atoms with Gasteiger partial charge in [-0.05, 0) is 30.5 Å².